The Morgan fingerprint density at radius 1 is 1.39 bits per heavy atom. The van der Waals surface area contributed by atoms with Gasteiger partial charge < -0.3 is 9.84 Å². The van der Waals surface area contributed by atoms with Gasteiger partial charge in [0.25, 0.3) is 5.91 Å². The highest BCUT2D eigenvalue weighted by atomic mass is 16.5. The van der Waals surface area contributed by atoms with Crippen molar-refractivity contribution in [2.24, 2.45) is 11.0 Å². The lowest BCUT2D eigenvalue weighted by atomic mass is 10.1. The highest BCUT2D eigenvalue weighted by Crippen LogP contribution is 2.25. The average molecular weight is 248 g/mol. The van der Waals surface area contributed by atoms with Crippen molar-refractivity contribution in [3.8, 4) is 5.75 Å². The fourth-order valence-electron chi connectivity index (χ4n) is 1.76. The van der Waals surface area contributed by atoms with E-state index in [9.17, 15) is 9.59 Å². The molecular weight excluding hydrogens is 236 g/mol. The topological polar surface area (TPSA) is 79.2 Å². The van der Waals surface area contributed by atoms with Crippen molar-refractivity contribution in [1.82, 2.24) is 0 Å². The van der Waals surface area contributed by atoms with Gasteiger partial charge in [0, 0.05) is 0 Å². The zero-order valence-corrected chi connectivity index (χ0v) is 9.95. The number of aliphatic carboxylic acids is 1. The van der Waals surface area contributed by atoms with Crippen LogP contribution in [0.15, 0.2) is 29.4 Å². The van der Waals surface area contributed by atoms with Crippen LogP contribution in [0.3, 0.4) is 0 Å². The molecule has 6 heteroatoms. The lowest BCUT2D eigenvalue weighted by molar-refractivity contribution is -0.142. The SMILES string of the molecule is COc1ccc(N2N=C(C)C(C(=O)O)C2=O)cc1. The van der Waals surface area contributed by atoms with Gasteiger partial charge in [-0.2, -0.15) is 10.1 Å². The van der Waals surface area contributed by atoms with Crippen molar-refractivity contribution in [3.05, 3.63) is 24.3 Å². The van der Waals surface area contributed by atoms with E-state index in [2.05, 4.69) is 5.10 Å². The summed E-state index contributed by atoms with van der Waals surface area (Å²) in [5.74, 6) is -2.27. The number of hydrazone groups is 1. The zero-order valence-electron chi connectivity index (χ0n) is 9.95. The predicted octanol–water partition coefficient (Wildman–Crippen LogP) is 1.12. The molecule has 1 amide bonds. The molecule has 1 N–H and O–H groups in total. The molecule has 0 saturated heterocycles. The van der Waals surface area contributed by atoms with Gasteiger partial charge in [-0.25, -0.2) is 0 Å². The second-order valence-electron chi connectivity index (χ2n) is 3.86. The molecule has 1 aromatic rings. The van der Waals surface area contributed by atoms with E-state index in [1.165, 1.54) is 6.92 Å². The van der Waals surface area contributed by atoms with Crippen molar-refractivity contribution in [2.75, 3.05) is 12.1 Å². The summed E-state index contributed by atoms with van der Waals surface area (Å²) in [7, 11) is 1.54. The molecule has 1 atom stereocenters. The summed E-state index contributed by atoms with van der Waals surface area (Å²) in [6, 6.07) is 6.67. The average Bonchev–Trinajstić information content (AvgIpc) is 2.65. The number of methoxy groups -OCH3 is 1. The van der Waals surface area contributed by atoms with Gasteiger partial charge in [0.05, 0.1) is 18.5 Å². The van der Waals surface area contributed by atoms with Crippen LogP contribution in [0.25, 0.3) is 0 Å². The number of carboxylic acid groups (broad SMARTS) is 1. The highest BCUT2D eigenvalue weighted by Gasteiger charge is 2.39. The molecule has 0 saturated carbocycles. The fraction of sp³-hybridized carbons (Fsp3) is 0.250. The molecule has 18 heavy (non-hydrogen) atoms. The first-order valence-corrected chi connectivity index (χ1v) is 5.30. The number of anilines is 1. The van der Waals surface area contributed by atoms with Crippen LogP contribution in [0.5, 0.6) is 5.75 Å². The standard InChI is InChI=1S/C12H12N2O4/c1-7-10(12(16)17)11(15)14(13-7)8-3-5-9(18-2)6-4-8/h3-6,10H,1-2H3,(H,16,17). The summed E-state index contributed by atoms with van der Waals surface area (Å²) in [6.07, 6.45) is 0. The maximum Gasteiger partial charge on any atom is 0.322 e. The van der Waals surface area contributed by atoms with Gasteiger partial charge in [0.1, 0.15) is 5.75 Å². The van der Waals surface area contributed by atoms with E-state index in [-0.39, 0.29) is 5.71 Å². The number of hydrogen-bond donors (Lipinski definition) is 1. The van der Waals surface area contributed by atoms with Crippen LogP contribution in [0.4, 0.5) is 5.69 Å². The predicted molar refractivity (Wildman–Crippen MR) is 64.7 cm³/mol. The van der Waals surface area contributed by atoms with Crippen LogP contribution in [0, 0.1) is 5.92 Å². The monoisotopic (exact) mass is 248 g/mol. The van der Waals surface area contributed by atoms with Crippen molar-refractivity contribution in [3.63, 3.8) is 0 Å². The lowest BCUT2D eigenvalue weighted by Gasteiger charge is -2.13. The Bertz CT molecular complexity index is 521. The van der Waals surface area contributed by atoms with Crippen LogP contribution < -0.4 is 9.75 Å². The summed E-state index contributed by atoms with van der Waals surface area (Å²) in [6.45, 7) is 1.53. The molecule has 0 radical (unpaired) electrons. The Morgan fingerprint density at radius 2 is 2.00 bits per heavy atom. The summed E-state index contributed by atoms with van der Waals surface area (Å²) >= 11 is 0. The number of carbonyl (C=O) groups is 2. The Balaban J connectivity index is 2.30. The molecular formula is C12H12N2O4. The van der Waals surface area contributed by atoms with E-state index in [0.29, 0.717) is 11.4 Å². The quantitative estimate of drug-likeness (QED) is 0.813. The molecule has 1 aromatic carbocycles. The second kappa shape index (κ2) is 4.48. The van der Waals surface area contributed by atoms with Gasteiger partial charge in [-0.1, -0.05) is 0 Å². The van der Waals surface area contributed by atoms with Crippen LogP contribution >= 0.6 is 0 Å². The minimum atomic E-state index is -1.19. The van der Waals surface area contributed by atoms with Gasteiger partial charge in [0.15, 0.2) is 5.92 Å². The maximum atomic E-state index is 11.9. The van der Waals surface area contributed by atoms with E-state index < -0.39 is 17.8 Å². The first-order chi connectivity index (χ1) is 8.54. The smallest absolute Gasteiger partial charge is 0.322 e. The Morgan fingerprint density at radius 3 is 2.44 bits per heavy atom. The molecule has 1 heterocycles. The number of benzene rings is 1. The van der Waals surface area contributed by atoms with Crippen molar-refractivity contribution in [1.29, 1.82) is 0 Å². The van der Waals surface area contributed by atoms with Crippen molar-refractivity contribution >= 4 is 23.3 Å². The molecule has 94 valence electrons. The van der Waals surface area contributed by atoms with Crippen LogP contribution in [0.2, 0.25) is 0 Å². The van der Waals surface area contributed by atoms with Crippen LogP contribution in [0.1, 0.15) is 6.92 Å². The number of hydrogen-bond acceptors (Lipinski definition) is 4. The molecule has 1 aliphatic rings. The Labute approximate surface area is 103 Å². The molecule has 0 aromatic heterocycles. The third kappa shape index (κ3) is 1.92. The number of nitrogens with zero attached hydrogens (tertiary/aromatic N) is 2. The summed E-state index contributed by atoms with van der Waals surface area (Å²) < 4.78 is 5.01. The van der Waals surface area contributed by atoms with Gasteiger partial charge in [0.2, 0.25) is 0 Å². The second-order valence-corrected chi connectivity index (χ2v) is 3.86. The summed E-state index contributed by atoms with van der Waals surface area (Å²) in [5, 5.41) is 14.0. The largest absolute Gasteiger partial charge is 0.497 e. The Kier molecular flexibility index (Phi) is 3.01. The Hall–Kier alpha value is -2.37. The number of ether oxygens (including phenoxy) is 1. The normalized spacial score (nSPS) is 18.8. The van der Waals surface area contributed by atoms with E-state index in [1.54, 1.807) is 31.4 Å². The number of rotatable bonds is 3. The van der Waals surface area contributed by atoms with Crippen molar-refractivity contribution in [2.45, 2.75) is 6.92 Å². The third-order valence-corrected chi connectivity index (χ3v) is 2.70. The zero-order chi connectivity index (χ0) is 13.3. The lowest BCUT2D eigenvalue weighted by Crippen LogP contribution is -2.32. The minimum absolute atomic E-state index is 0.281. The molecule has 0 bridgehead atoms. The van der Waals surface area contributed by atoms with Gasteiger partial charge in [-0.05, 0) is 31.2 Å². The highest BCUT2D eigenvalue weighted by molar-refractivity contribution is 6.25. The van der Waals surface area contributed by atoms with Gasteiger partial charge in [-0.15, -0.1) is 0 Å². The molecule has 1 aliphatic heterocycles. The van der Waals surface area contributed by atoms with E-state index in [1.807, 2.05) is 0 Å². The van der Waals surface area contributed by atoms with E-state index in [4.69, 9.17) is 9.84 Å². The molecule has 0 spiro atoms. The first-order valence-electron chi connectivity index (χ1n) is 5.30. The molecule has 1 unspecified atom stereocenters. The van der Waals surface area contributed by atoms with Crippen molar-refractivity contribution < 1.29 is 19.4 Å². The minimum Gasteiger partial charge on any atom is -0.497 e. The van der Waals surface area contributed by atoms with E-state index >= 15 is 0 Å². The van der Waals surface area contributed by atoms with Crippen LogP contribution in [-0.2, 0) is 9.59 Å². The molecule has 6 nitrogen and oxygen atoms in total. The number of amides is 1. The van der Waals surface area contributed by atoms with Crippen LogP contribution in [-0.4, -0.2) is 29.8 Å². The number of carbonyl (C=O) groups excluding carboxylic acids is 1. The first kappa shape index (κ1) is 12.1. The van der Waals surface area contributed by atoms with Gasteiger partial charge >= 0.3 is 5.97 Å². The molecule has 0 fully saturated rings. The van der Waals surface area contributed by atoms with E-state index in [0.717, 1.165) is 5.01 Å². The fourth-order valence-corrected chi connectivity index (χ4v) is 1.76. The molecule has 2 rings (SSSR count). The maximum absolute atomic E-state index is 11.9. The number of carboxylic acids is 1. The summed E-state index contributed by atoms with van der Waals surface area (Å²) in [5.41, 5.74) is 0.798. The summed E-state index contributed by atoms with van der Waals surface area (Å²) in [4.78, 5) is 22.9. The molecule has 0 aliphatic carbocycles. The third-order valence-electron chi connectivity index (χ3n) is 2.70. The van der Waals surface area contributed by atoms with Gasteiger partial charge in [-0.3, -0.25) is 9.59 Å².